The SMILES string of the molecule is C=CCN(C(=O)c1ccccc1)C(C#CC[Si](C)(C)C)c1ccccc1. The fourth-order valence-electron chi connectivity index (χ4n) is 2.58. The maximum atomic E-state index is 13.1. The molecule has 1 unspecified atom stereocenters. The van der Waals surface area contributed by atoms with Gasteiger partial charge in [0.05, 0.1) is 8.07 Å². The van der Waals surface area contributed by atoms with Gasteiger partial charge in [0, 0.05) is 18.2 Å². The van der Waals surface area contributed by atoms with Crippen LogP contribution in [0.5, 0.6) is 0 Å². The second-order valence-electron chi connectivity index (χ2n) is 7.48. The number of hydrogen-bond acceptors (Lipinski definition) is 1. The van der Waals surface area contributed by atoms with E-state index in [-0.39, 0.29) is 11.9 Å². The van der Waals surface area contributed by atoms with Crippen LogP contribution in [0.15, 0.2) is 73.3 Å². The maximum absolute atomic E-state index is 13.1. The standard InChI is InChI=1S/C23H27NOSi/c1-5-18-24(23(25)21-15-10-7-11-16-21)22(17-12-19-26(2,3)4)20-13-8-6-9-14-20/h5-11,13-16,22H,1,18-19H2,2-4H3. The molecule has 0 bridgehead atoms. The fourth-order valence-corrected chi connectivity index (χ4v) is 3.21. The average molecular weight is 362 g/mol. The predicted molar refractivity (Wildman–Crippen MR) is 113 cm³/mol. The van der Waals surface area contributed by atoms with E-state index in [4.69, 9.17) is 0 Å². The molecular formula is C23H27NOSi. The van der Waals surface area contributed by atoms with Gasteiger partial charge in [-0.2, -0.15) is 0 Å². The lowest BCUT2D eigenvalue weighted by atomic mass is 10.0. The molecule has 3 heteroatoms. The highest BCUT2D eigenvalue weighted by Gasteiger charge is 2.24. The van der Waals surface area contributed by atoms with Crippen molar-refractivity contribution in [3.05, 3.63) is 84.4 Å². The summed E-state index contributed by atoms with van der Waals surface area (Å²) >= 11 is 0. The quantitative estimate of drug-likeness (QED) is 0.383. The number of amides is 1. The van der Waals surface area contributed by atoms with Gasteiger partial charge in [0.2, 0.25) is 0 Å². The predicted octanol–water partition coefficient (Wildman–Crippen LogP) is 5.40. The smallest absolute Gasteiger partial charge is 0.255 e. The molecule has 0 spiro atoms. The molecule has 1 atom stereocenters. The molecule has 0 fully saturated rings. The summed E-state index contributed by atoms with van der Waals surface area (Å²) in [5.74, 6) is 6.70. The van der Waals surface area contributed by atoms with Crippen molar-refractivity contribution in [2.24, 2.45) is 0 Å². The number of carbonyl (C=O) groups excluding carboxylic acids is 1. The minimum atomic E-state index is -1.27. The Morgan fingerprint density at radius 3 is 2.19 bits per heavy atom. The topological polar surface area (TPSA) is 20.3 Å². The molecule has 0 N–H and O–H groups in total. The van der Waals surface area contributed by atoms with Crippen LogP contribution in [0.2, 0.25) is 25.7 Å². The van der Waals surface area contributed by atoms with Crippen molar-refractivity contribution in [1.29, 1.82) is 0 Å². The normalized spacial score (nSPS) is 11.8. The molecule has 2 aromatic rings. The van der Waals surface area contributed by atoms with Gasteiger partial charge in [0.15, 0.2) is 0 Å². The molecule has 1 amide bonds. The summed E-state index contributed by atoms with van der Waals surface area (Å²) in [4.78, 5) is 14.9. The molecule has 2 rings (SSSR count). The van der Waals surface area contributed by atoms with Crippen molar-refractivity contribution >= 4 is 14.0 Å². The molecule has 26 heavy (non-hydrogen) atoms. The molecular weight excluding hydrogens is 334 g/mol. The minimum absolute atomic E-state index is 0.0262. The van der Waals surface area contributed by atoms with Crippen LogP contribution in [-0.2, 0) is 0 Å². The molecule has 0 saturated carbocycles. The summed E-state index contributed by atoms with van der Waals surface area (Å²) in [7, 11) is -1.27. The molecule has 2 aromatic carbocycles. The van der Waals surface area contributed by atoms with E-state index in [1.807, 2.05) is 60.7 Å². The van der Waals surface area contributed by atoms with E-state index in [1.54, 1.807) is 11.0 Å². The first-order chi connectivity index (χ1) is 12.4. The molecule has 134 valence electrons. The van der Waals surface area contributed by atoms with E-state index >= 15 is 0 Å². The summed E-state index contributed by atoms with van der Waals surface area (Å²) in [6.07, 6.45) is 1.76. The van der Waals surface area contributed by atoms with E-state index in [9.17, 15) is 4.79 Å². The van der Waals surface area contributed by atoms with Gasteiger partial charge in [-0.3, -0.25) is 4.79 Å². The lowest BCUT2D eigenvalue weighted by Gasteiger charge is -2.28. The number of rotatable bonds is 6. The largest absolute Gasteiger partial charge is 0.317 e. The number of nitrogens with zero attached hydrogens (tertiary/aromatic N) is 1. The van der Waals surface area contributed by atoms with Crippen molar-refractivity contribution in [3.63, 3.8) is 0 Å². The molecule has 0 aromatic heterocycles. The first kappa shape index (κ1) is 19.7. The molecule has 2 nitrogen and oxygen atoms in total. The van der Waals surface area contributed by atoms with E-state index in [0.717, 1.165) is 11.6 Å². The van der Waals surface area contributed by atoms with Gasteiger partial charge in [0.25, 0.3) is 5.91 Å². The van der Waals surface area contributed by atoms with Gasteiger partial charge in [0.1, 0.15) is 6.04 Å². The molecule has 0 heterocycles. The van der Waals surface area contributed by atoms with Crippen LogP contribution in [0.25, 0.3) is 0 Å². The van der Waals surface area contributed by atoms with E-state index in [2.05, 4.69) is 38.1 Å². The molecule has 0 aliphatic rings. The Bertz CT molecular complexity index is 782. The molecule has 0 saturated heterocycles. The Morgan fingerprint density at radius 2 is 1.65 bits per heavy atom. The Hall–Kier alpha value is -2.57. The van der Waals surface area contributed by atoms with Crippen molar-refractivity contribution in [1.82, 2.24) is 4.90 Å². The third-order valence-corrected chi connectivity index (χ3v) is 5.13. The van der Waals surface area contributed by atoms with Crippen molar-refractivity contribution < 1.29 is 4.79 Å². The summed E-state index contributed by atoms with van der Waals surface area (Å²) in [5.41, 5.74) is 1.70. The second kappa shape index (κ2) is 9.21. The van der Waals surface area contributed by atoms with E-state index in [1.165, 1.54) is 0 Å². The third-order valence-electron chi connectivity index (χ3n) is 3.89. The zero-order valence-electron chi connectivity index (χ0n) is 15.9. The Morgan fingerprint density at radius 1 is 1.08 bits per heavy atom. The lowest BCUT2D eigenvalue weighted by Crippen LogP contribution is -2.34. The van der Waals surface area contributed by atoms with Gasteiger partial charge in [-0.1, -0.05) is 80.2 Å². The van der Waals surface area contributed by atoms with Crippen molar-refractivity contribution in [3.8, 4) is 11.8 Å². The molecule has 0 aliphatic heterocycles. The summed E-state index contributed by atoms with van der Waals surface area (Å²) < 4.78 is 0. The van der Waals surface area contributed by atoms with E-state index < -0.39 is 8.07 Å². The van der Waals surface area contributed by atoms with Gasteiger partial charge in [-0.05, 0) is 17.7 Å². The van der Waals surface area contributed by atoms with Crippen LogP contribution in [0, 0.1) is 11.8 Å². The number of carbonyl (C=O) groups is 1. The lowest BCUT2D eigenvalue weighted by molar-refractivity contribution is 0.0739. The minimum Gasteiger partial charge on any atom is -0.317 e. The summed E-state index contributed by atoms with van der Waals surface area (Å²) in [5, 5.41) is 0. The Kier molecular flexibility index (Phi) is 7.00. The van der Waals surface area contributed by atoms with Crippen molar-refractivity contribution in [2.45, 2.75) is 31.7 Å². The number of hydrogen-bond donors (Lipinski definition) is 0. The third kappa shape index (κ3) is 5.75. The van der Waals surface area contributed by atoms with Gasteiger partial charge in [-0.15, -0.1) is 12.5 Å². The van der Waals surface area contributed by atoms with Crippen LogP contribution < -0.4 is 0 Å². The highest BCUT2D eigenvalue weighted by Crippen LogP contribution is 2.23. The fraction of sp³-hybridized carbons (Fsp3) is 0.261. The average Bonchev–Trinajstić information content (AvgIpc) is 2.64. The van der Waals surface area contributed by atoms with Gasteiger partial charge < -0.3 is 4.90 Å². The zero-order valence-corrected chi connectivity index (χ0v) is 16.9. The van der Waals surface area contributed by atoms with Crippen molar-refractivity contribution in [2.75, 3.05) is 6.54 Å². The number of benzene rings is 2. The second-order valence-corrected chi connectivity index (χ2v) is 13.0. The zero-order chi connectivity index (χ0) is 19.0. The summed E-state index contributed by atoms with van der Waals surface area (Å²) in [6, 6.07) is 20.0. The maximum Gasteiger partial charge on any atom is 0.255 e. The molecule has 0 aliphatic carbocycles. The van der Waals surface area contributed by atoms with E-state index in [0.29, 0.717) is 12.1 Å². The Labute approximate surface area is 158 Å². The van der Waals surface area contributed by atoms with Crippen LogP contribution in [0.3, 0.4) is 0 Å². The summed E-state index contributed by atoms with van der Waals surface area (Å²) in [6.45, 7) is 11.2. The monoisotopic (exact) mass is 361 g/mol. The van der Waals surface area contributed by atoms with Crippen LogP contribution in [-0.4, -0.2) is 25.4 Å². The van der Waals surface area contributed by atoms with Crippen LogP contribution in [0.4, 0.5) is 0 Å². The van der Waals surface area contributed by atoms with Crippen LogP contribution in [0.1, 0.15) is 22.0 Å². The van der Waals surface area contributed by atoms with Crippen LogP contribution >= 0.6 is 0 Å². The molecule has 0 radical (unpaired) electrons. The first-order valence-electron chi connectivity index (χ1n) is 8.92. The van der Waals surface area contributed by atoms with Gasteiger partial charge >= 0.3 is 0 Å². The van der Waals surface area contributed by atoms with Gasteiger partial charge in [-0.25, -0.2) is 0 Å². The first-order valence-corrected chi connectivity index (χ1v) is 12.6. The highest BCUT2D eigenvalue weighted by molar-refractivity contribution is 6.76. The highest BCUT2D eigenvalue weighted by atomic mass is 28.3. The Balaban J connectivity index is 2.42.